The van der Waals surface area contributed by atoms with E-state index in [1.54, 1.807) is 24.3 Å². The highest BCUT2D eigenvalue weighted by atomic mass is 35.5. The van der Waals surface area contributed by atoms with Crippen molar-refractivity contribution in [1.82, 2.24) is 4.90 Å². The second-order valence-electron chi connectivity index (χ2n) is 7.33. The van der Waals surface area contributed by atoms with Crippen LogP contribution < -0.4 is 9.47 Å². The van der Waals surface area contributed by atoms with Crippen LogP contribution in [0.3, 0.4) is 0 Å². The summed E-state index contributed by atoms with van der Waals surface area (Å²) in [6.45, 7) is 3.89. The van der Waals surface area contributed by atoms with E-state index in [0.717, 1.165) is 29.7 Å². The summed E-state index contributed by atoms with van der Waals surface area (Å²) in [6.07, 6.45) is 1.97. The summed E-state index contributed by atoms with van der Waals surface area (Å²) in [4.78, 5) is 14.6. The van der Waals surface area contributed by atoms with Gasteiger partial charge in [-0.25, -0.2) is 0 Å². The largest absolute Gasteiger partial charge is 0.489 e. The number of benzene rings is 3. The maximum absolute atomic E-state index is 12.8. The monoisotopic (exact) mass is 437 g/mol. The van der Waals surface area contributed by atoms with E-state index >= 15 is 0 Å². The first-order valence-corrected chi connectivity index (χ1v) is 10.9. The van der Waals surface area contributed by atoms with Crippen LogP contribution in [-0.4, -0.2) is 24.0 Å². The van der Waals surface area contributed by atoms with E-state index in [1.165, 1.54) is 0 Å². The summed E-state index contributed by atoms with van der Waals surface area (Å²) in [5.74, 6) is 1.41. The average molecular weight is 438 g/mol. The highest BCUT2D eigenvalue weighted by Crippen LogP contribution is 2.18. The number of amides is 1. The molecule has 0 bridgehead atoms. The molecule has 162 valence electrons. The van der Waals surface area contributed by atoms with Gasteiger partial charge in [0.2, 0.25) is 0 Å². The van der Waals surface area contributed by atoms with Gasteiger partial charge in [0.1, 0.15) is 18.1 Å². The molecule has 0 fully saturated rings. The molecule has 0 spiro atoms. The molecular formula is C26H28ClNO3. The van der Waals surface area contributed by atoms with Crippen molar-refractivity contribution in [2.45, 2.75) is 32.9 Å². The van der Waals surface area contributed by atoms with Gasteiger partial charge in [0.05, 0.1) is 0 Å². The normalized spacial score (nSPS) is 10.5. The van der Waals surface area contributed by atoms with Gasteiger partial charge in [-0.1, -0.05) is 67.4 Å². The van der Waals surface area contributed by atoms with Crippen LogP contribution in [0.2, 0.25) is 5.02 Å². The molecule has 0 atom stereocenters. The van der Waals surface area contributed by atoms with Crippen molar-refractivity contribution in [3.63, 3.8) is 0 Å². The van der Waals surface area contributed by atoms with E-state index in [9.17, 15) is 4.79 Å². The lowest BCUT2D eigenvalue weighted by molar-refractivity contribution is -0.134. The smallest absolute Gasteiger partial charge is 0.260 e. The van der Waals surface area contributed by atoms with Crippen molar-refractivity contribution >= 4 is 17.5 Å². The molecule has 0 radical (unpaired) electrons. The van der Waals surface area contributed by atoms with Gasteiger partial charge in [-0.2, -0.15) is 0 Å². The Morgan fingerprint density at radius 2 is 1.48 bits per heavy atom. The molecule has 0 unspecified atom stereocenters. The second kappa shape index (κ2) is 12.0. The molecular weight excluding hydrogens is 410 g/mol. The molecule has 3 aromatic rings. The maximum atomic E-state index is 12.8. The second-order valence-corrected chi connectivity index (χ2v) is 7.77. The van der Waals surface area contributed by atoms with Crippen LogP contribution in [0.15, 0.2) is 78.9 Å². The van der Waals surface area contributed by atoms with Crippen molar-refractivity contribution in [2.75, 3.05) is 13.2 Å². The van der Waals surface area contributed by atoms with Crippen molar-refractivity contribution in [1.29, 1.82) is 0 Å². The summed E-state index contributed by atoms with van der Waals surface area (Å²) in [7, 11) is 0. The van der Waals surface area contributed by atoms with Crippen LogP contribution in [0, 0.1) is 0 Å². The first-order chi connectivity index (χ1) is 15.1. The molecule has 4 nitrogen and oxygen atoms in total. The third kappa shape index (κ3) is 7.65. The minimum atomic E-state index is -0.0344. The Bertz CT molecular complexity index is 927. The molecule has 0 aliphatic rings. The molecule has 1 amide bonds. The first-order valence-electron chi connectivity index (χ1n) is 10.6. The quantitative estimate of drug-likeness (QED) is 0.362. The highest BCUT2D eigenvalue weighted by molar-refractivity contribution is 6.30. The Balaban J connectivity index is 1.55. The number of hydrogen-bond donors (Lipinski definition) is 0. The number of rotatable bonds is 11. The summed E-state index contributed by atoms with van der Waals surface area (Å²) in [5.41, 5.74) is 2.19. The molecule has 0 saturated carbocycles. The van der Waals surface area contributed by atoms with Gasteiger partial charge in [-0.05, 0) is 53.9 Å². The van der Waals surface area contributed by atoms with Crippen molar-refractivity contribution in [3.8, 4) is 11.5 Å². The fraction of sp³-hybridized carbons (Fsp3) is 0.269. The SMILES string of the molecule is CCCCN(Cc1ccc(OCc2ccccc2)cc1)C(=O)COc1ccc(Cl)cc1. The number of unbranched alkanes of at least 4 members (excludes halogenated alkanes) is 1. The van der Waals surface area contributed by atoms with E-state index in [2.05, 4.69) is 6.92 Å². The van der Waals surface area contributed by atoms with E-state index < -0.39 is 0 Å². The molecule has 0 aliphatic heterocycles. The van der Waals surface area contributed by atoms with Gasteiger partial charge < -0.3 is 14.4 Å². The fourth-order valence-corrected chi connectivity index (χ4v) is 3.19. The third-order valence-corrected chi connectivity index (χ3v) is 5.11. The lowest BCUT2D eigenvalue weighted by Crippen LogP contribution is -2.35. The minimum absolute atomic E-state index is 0.00359. The zero-order chi connectivity index (χ0) is 21.9. The fourth-order valence-electron chi connectivity index (χ4n) is 3.06. The van der Waals surface area contributed by atoms with Gasteiger partial charge in [0.15, 0.2) is 6.61 Å². The van der Waals surface area contributed by atoms with Crippen LogP contribution >= 0.6 is 11.6 Å². The zero-order valence-corrected chi connectivity index (χ0v) is 18.6. The van der Waals surface area contributed by atoms with Crippen LogP contribution in [0.5, 0.6) is 11.5 Å². The minimum Gasteiger partial charge on any atom is -0.489 e. The number of carbonyl (C=O) groups is 1. The van der Waals surface area contributed by atoms with Crippen LogP contribution in [0.25, 0.3) is 0 Å². The van der Waals surface area contributed by atoms with Gasteiger partial charge in [-0.3, -0.25) is 4.79 Å². The Hall–Kier alpha value is -2.98. The highest BCUT2D eigenvalue weighted by Gasteiger charge is 2.14. The van der Waals surface area contributed by atoms with Crippen molar-refractivity contribution in [2.24, 2.45) is 0 Å². The molecule has 3 aromatic carbocycles. The Labute approximate surface area is 189 Å². The summed E-state index contributed by atoms with van der Waals surface area (Å²) in [5, 5.41) is 0.638. The van der Waals surface area contributed by atoms with E-state index in [0.29, 0.717) is 30.5 Å². The van der Waals surface area contributed by atoms with Crippen LogP contribution in [0.4, 0.5) is 0 Å². The molecule has 31 heavy (non-hydrogen) atoms. The summed E-state index contributed by atoms with van der Waals surface area (Å²) in [6, 6.07) is 25.0. The topological polar surface area (TPSA) is 38.8 Å². The van der Waals surface area contributed by atoms with Gasteiger partial charge in [0, 0.05) is 18.1 Å². The zero-order valence-electron chi connectivity index (χ0n) is 17.8. The molecule has 0 aromatic heterocycles. The van der Waals surface area contributed by atoms with Crippen LogP contribution in [0.1, 0.15) is 30.9 Å². The van der Waals surface area contributed by atoms with Gasteiger partial charge in [-0.15, -0.1) is 0 Å². The van der Waals surface area contributed by atoms with Gasteiger partial charge >= 0.3 is 0 Å². The average Bonchev–Trinajstić information content (AvgIpc) is 2.81. The molecule has 0 aliphatic carbocycles. The number of nitrogens with zero attached hydrogens (tertiary/aromatic N) is 1. The summed E-state index contributed by atoms with van der Waals surface area (Å²) >= 11 is 5.89. The number of halogens is 1. The predicted octanol–water partition coefficient (Wildman–Crippen LogP) is 6.13. The number of ether oxygens (including phenoxy) is 2. The van der Waals surface area contributed by atoms with E-state index in [4.69, 9.17) is 21.1 Å². The van der Waals surface area contributed by atoms with Gasteiger partial charge in [0.25, 0.3) is 5.91 Å². The number of carbonyl (C=O) groups excluding carboxylic acids is 1. The lowest BCUT2D eigenvalue weighted by atomic mass is 10.2. The maximum Gasteiger partial charge on any atom is 0.260 e. The number of hydrogen-bond acceptors (Lipinski definition) is 3. The van der Waals surface area contributed by atoms with Crippen molar-refractivity contribution < 1.29 is 14.3 Å². The molecule has 0 heterocycles. The van der Waals surface area contributed by atoms with E-state index in [-0.39, 0.29) is 12.5 Å². The van der Waals surface area contributed by atoms with Crippen LogP contribution in [-0.2, 0) is 17.9 Å². The van der Waals surface area contributed by atoms with Crippen molar-refractivity contribution in [3.05, 3.63) is 95.0 Å². The Morgan fingerprint density at radius 1 is 0.839 bits per heavy atom. The molecule has 0 N–H and O–H groups in total. The standard InChI is InChI=1S/C26H28ClNO3/c1-2-3-17-28(26(29)20-31-25-15-11-23(27)12-16-25)18-21-9-13-24(14-10-21)30-19-22-7-5-4-6-8-22/h4-16H,2-3,17-20H2,1H3. The Kier molecular flexibility index (Phi) is 8.80. The first kappa shape index (κ1) is 22.7. The molecule has 0 saturated heterocycles. The summed E-state index contributed by atoms with van der Waals surface area (Å²) < 4.78 is 11.5. The predicted molar refractivity (Wildman–Crippen MR) is 124 cm³/mol. The lowest BCUT2D eigenvalue weighted by Gasteiger charge is -2.23. The molecule has 5 heteroatoms. The third-order valence-electron chi connectivity index (χ3n) is 4.86. The van der Waals surface area contributed by atoms with E-state index in [1.807, 2.05) is 59.5 Å². The Morgan fingerprint density at radius 3 is 2.16 bits per heavy atom. The molecule has 3 rings (SSSR count).